The van der Waals surface area contributed by atoms with E-state index in [0.29, 0.717) is 24.9 Å². The van der Waals surface area contributed by atoms with E-state index in [0.717, 1.165) is 17.8 Å². The quantitative estimate of drug-likeness (QED) is 0.720. The minimum Gasteiger partial charge on any atom is -0.338 e. The van der Waals surface area contributed by atoms with Gasteiger partial charge in [-0.2, -0.15) is 5.10 Å². The number of carbonyl (C=O) groups is 1. The highest BCUT2D eigenvalue weighted by atomic mass is 16.2. The Labute approximate surface area is 152 Å². The fraction of sp³-hybridized carbons (Fsp3) is 0.250. The topological polar surface area (TPSA) is 71.8 Å². The van der Waals surface area contributed by atoms with Crippen molar-refractivity contribution in [3.63, 3.8) is 0 Å². The van der Waals surface area contributed by atoms with Crippen molar-refractivity contribution >= 4 is 6.03 Å². The largest absolute Gasteiger partial charge is 0.338 e. The van der Waals surface area contributed by atoms with E-state index < -0.39 is 0 Å². The van der Waals surface area contributed by atoms with Gasteiger partial charge in [0.2, 0.25) is 0 Å². The molecular formula is C20H21N5O. The van der Waals surface area contributed by atoms with Crippen LogP contribution in [0.4, 0.5) is 4.79 Å². The highest BCUT2D eigenvalue weighted by Crippen LogP contribution is 2.46. The Hall–Kier alpha value is -3.15. The molecule has 4 rings (SSSR count). The van der Waals surface area contributed by atoms with Crippen LogP contribution >= 0.6 is 0 Å². The van der Waals surface area contributed by atoms with Gasteiger partial charge in [0.15, 0.2) is 5.82 Å². The number of aromatic nitrogens is 3. The normalized spacial score (nSPS) is 18.3. The molecule has 26 heavy (non-hydrogen) atoms. The van der Waals surface area contributed by atoms with Crippen molar-refractivity contribution in [2.45, 2.75) is 18.9 Å². The lowest BCUT2D eigenvalue weighted by molar-refractivity contribution is 0.240. The molecule has 1 saturated carbocycles. The average Bonchev–Trinajstić information content (AvgIpc) is 3.26. The van der Waals surface area contributed by atoms with Crippen LogP contribution in [0.5, 0.6) is 0 Å². The summed E-state index contributed by atoms with van der Waals surface area (Å²) in [5.74, 6) is 1.85. The van der Waals surface area contributed by atoms with Gasteiger partial charge in [-0.3, -0.25) is 0 Å². The fourth-order valence-corrected chi connectivity index (χ4v) is 3.15. The second-order valence-corrected chi connectivity index (χ2v) is 6.55. The molecular weight excluding hydrogens is 326 g/mol. The molecule has 2 N–H and O–H groups in total. The van der Waals surface area contributed by atoms with Crippen LogP contribution in [0.3, 0.4) is 0 Å². The van der Waals surface area contributed by atoms with Crippen molar-refractivity contribution in [3.05, 3.63) is 78.2 Å². The van der Waals surface area contributed by atoms with Gasteiger partial charge in [-0.25, -0.2) is 14.5 Å². The Kier molecular flexibility index (Phi) is 4.64. The number of nitrogens with zero attached hydrogens (tertiary/aromatic N) is 3. The van der Waals surface area contributed by atoms with Crippen LogP contribution in [-0.2, 0) is 6.54 Å². The zero-order valence-electron chi connectivity index (χ0n) is 14.4. The van der Waals surface area contributed by atoms with E-state index in [1.54, 1.807) is 17.1 Å². The molecule has 1 aromatic carbocycles. The Morgan fingerprint density at radius 1 is 1.12 bits per heavy atom. The van der Waals surface area contributed by atoms with Crippen molar-refractivity contribution < 1.29 is 4.79 Å². The van der Waals surface area contributed by atoms with Crippen LogP contribution in [0.2, 0.25) is 0 Å². The summed E-state index contributed by atoms with van der Waals surface area (Å²) >= 11 is 0. The molecule has 6 heteroatoms. The zero-order valence-corrected chi connectivity index (χ0v) is 14.4. The van der Waals surface area contributed by atoms with E-state index in [-0.39, 0.29) is 6.03 Å². The Balaban J connectivity index is 1.23. The molecule has 1 aliphatic carbocycles. The van der Waals surface area contributed by atoms with Gasteiger partial charge >= 0.3 is 6.03 Å². The van der Waals surface area contributed by atoms with E-state index in [1.807, 2.05) is 30.5 Å². The second-order valence-electron chi connectivity index (χ2n) is 6.55. The standard InChI is InChI=1S/C20H21N5O/c26-20(23-14-17-12-18(17)16-5-2-1-3-6-16)22-13-15-7-9-21-19(11-15)25-10-4-8-24-25/h1-11,17-18H,12-14H2,(H2,22,23,26)/t17-,18+/m1/s1. The predicted molar refractivity (Wildman–Crippen MR) is 98.9 cm³/mol. The number of rotatable bonds is 6. The summed E-state index contributed by atoms with van der Waals surface area (Å²) in [6.07, 6.45) is 6.41. The summed E-state index contributed by atoms with van der Waals surface area (Å²) in [4.78, 5) is 16.3. The van der Waals surface area contributed by atoms with Crippen LogP contribution in [0.1, 0.15) is 23.5 Å². The molecule has 3 aromatic rings. The predicted octanol–water partition coefficient (Wildman–Crippen LogP) is 2.87. The zero-order chi connectivity index (χ0) is 17.8. The van der Waals surface area contributed by atoms with Gasteiger partial charge in [0.1, 0.15) is 0 Å². The molecule has 2 atom stereocenters. The van der Waals surface area contributed by atoms with Crippen LogP contribution in [-0.4, -0.2) is 27.3 Å². The molecule has 0 radical (unpaired) electrons. The molecule has 0 saturated heterocycles. The Bertz CT molecular complexity index is 863. The first-order chi connectivity index (χ1) is 12.8. The number of carbonyl (C=O) groups excluding carboxylic acids is 1. The first kappa shape index (κ1) is 16.3. The highest BCUT2D eigenvalue weighted by molar-refractivity contribution is 5.73. The SMILES string of the molecule is O=C(NCc1ccnc(-n2cccn2)c1)NC[C@H]1C[C@H]1c1ccccc1. The summed E-state index contributed by atoms with van der Waals surface area (Å²) in [5, 5.41) is 10.0. The maximum absolute atomic E-state index is 12.0. The van der Waals surface area contributed by atoms with Gasteiger partial charge in [0.25, 0.3) is 0 Å². The monoisotopic (exact) mass is 347 g/mol. The summed E-state index contributed by atoms with van der Waals surface area (Å²) < 4.78 is 1.69. The fourth-order valence-electron chi connectivity index (χ4n) is 3.15. The van der Waals surface area contributed by atoms with E-state index in [9.17, 15) is 4.79 Å². The number of pyridine rings is 1. The summed E-state index contributed by atoms with van der Waals surface area (Å²) in [6, 6.07) is 16.0. The highest BCUT2D eigenvalue weighted by Gasteiger charge is 2.37. The lowest BCUT2D eigenvalue weighted by Crippen LogP contribution is -2.36. The van der Waals surface area contributed by atoms with Gasteiger partial charge in [0.05, 0.1) is 0 Å². The molecule has 0 unspecified atom stereocenters. The number of hydrogen-bond acceptors (Lipinski definition) is 3. The first-order valence-electron chi connectivity index (χ1n) is 8.81. The third kappa shape index (κ3) is 3.91. The van der Waals surface area contributed by atoms with Crippen LogP contribution in [0.15, 0.2) is 67.1 Å². The van der Waals surface area contributed by atoms with Gasteiger partial charge in [0, 0.05) is 31.7 Å². The van der Waals surface area contributed by atoms with Crippen molar-refractivity contribution in [1.29, 1.82) is 0 Å². The van der Waals surface area contributed by atoms with E-state index in [2.05, 4.69) is 45.0 Å². The maximum Gasteiger partial charge on any atom is 0.315 e. The van der Waals surface area contributed by atoms with E-state index in [4.69, 9.17) is 0 Å². The van der Waals surface area contributed by atoms with Crippen LogP contribution in [0, 0.1) is 5.92 Å². The van der Waals surface area contributed by atoms with Crippen molar-refractivity contribution in [2.75, 3.05) is 6.54 Å². The van der Waals surface area contributed by atoms with Gasteiger partial charge in [-0.05, 0) is 47.6 Å². The van der Waals surface area contributed by atoms with Gasteiger partial charge in [-0.15, -0.1) is 0 Å². The van der Waals surface area contributed by atoms with Crippen LogP contribution < -0.4 is 10.6 Å². The van der Waals surface area contributed by atoms with Crippen LogP contribution in [0.25, 0.3) is 5.82 Å². The van der Waals surface area contributed by atoms with Gasteiger partial charge < -0.3 is 10.6 Å². The van der Waals surface area contributed by atoms with E-state index in [1.165, 1.54) is 5.56 Å². The number of urea groups is 1. The number of nitrogens with one attached hydrogen (secondary N) is 2. The average molecular weight is 347 g/mol. The third-order valence-corrected chi connectivity index (χ3v) is 4.68. The molecule has 0 bridgehead atoms. The molecule has 1 aliphatic rings. The lowest BCUT2D eigenvalue weighted by atomic mass is 10.1. The van der Waals surface area contributed by atoms with Crippen molar-refractivity contribution in [1.82, 2.24) is 25.4 Å². The third-order valence-electron chi connectivity index (χ3n) is 4.68. The summed E-state index contributed by atoms with van der Waals surface area (Å²) in [5.41, 5.74) is 2.34. The molecule has 2 heterocycles. The molecule has 0 spiro atoms. The Morgan fingerprint density at radius 2 is 2.00 bits per heavy atom. The minimum atomic E-state index is -0.138. The first-order valence-corrected chi connectivity index (χ1v) is 8.81. The Morgan fingerprint density at radius 3 is 2.81 bits per heavy atom. The maximum atomic E-state index is 12.0. The van der Waals surface area contributed by atoms with Crippen molar-refractivity contribution in [2.24, 2.45) is 5.92 Å². The molecule has 1 fully saturated rings. The number of hydrogen-bond donors (Lipinski definition) is 2. The molecule has 6 nitrogen and oxygen atoms in total. The molecule has 2 aromatic heterocycles. The van der Waals surface area contributed by atoms with Crippen molar-refractivity contribution in [3.8, 4) is 5.82 Å². The number of benzene rings is 1. The number of amides is 2. The van der Waals surface area contributed by atoms with E-state index >= 15 is 0 Å². The molecule has 2 amide bonds. The summed E-state index contributed by atoms with van der Waals surface area (Å²) in [6.45, 7) is 1.16. The molecule has 132 valence electrons. The van der Waals surface area contributed by atoms with Gasteiger partial charge in [-0.1, -0.05) is 30.3 Å². The summed E-state index contributed by atoms with van der Waals surface area (Å²) in [7, 11) is 0. The minimum absolute atomic E-state index is 0.138. The second kappa shape index (κ2) is 7.39. The smallest absolute Gasteiger partial charge is 0.315 e. The molecule has 0 aliphatic heterocycles. The lowest BCUT2D eigenvalue weighted by Gasteiger charge is -2.08.